The molecular formula is C15H17N3. The van der Waals surface area contributed by atoms with E-state index in [4.69, 9.17) is 11.5 Å². The summed E-state index contributed by atoms with van der Waals surface area (Å²) in [7, 11) is 0. The number of benzene rings is 1. The first-order valence-corrected chi connectivity index (χ1v) is 6.30. The summed E-state index contributed by atoms with van der Waals surface area (Å²) < 4.78 is 0. The summed E-state index contributed by atoms with van der Waals surface area (Å²) in [5, 5.41) is 0. The molecule has 92 valence electrons. The minimum atomic E-state index is -0.0712. The van der Waals surface area contributed by atoms with Crippen LogP contribution in [0.2, 0.25) is 0 Å². The molecule has 4 N–H and O–H groups in total. The molecule has 1 aromatic heterocycles. The molecule has 2 atom stereocenters. The maximum atomic E-state index is 6.29. The molecule has 2 aromatic rings. The van der Waals surface area contributed by atoms with Gasteiger partial charge < -0.3 is 11.5 Å². The number of nitrogens with zero attached hydrogens (tertiary/aromatic N) is 1. The van der Waals surface area contributed by atoms with Gasteiger partial charge in [-0.05, 0) is 47.2 Å². The number of fused-ring (bicyclic) bond motifs is 1. The summed E-state index contributed by atoms with van der Waals surface area (Å²) in [5.74, 6) is 0. The van der Waals surface area contributed by atoms with Crippen LogP contribution in [0.5, 0.6) is 0 Å². The zero-order valence-electron chi connectivity index (χ0n) is 10.2. The molecule has 1 aliphatic carbocycles. The SMILES string of the molecule is NC1c2c(cccc2-c2ccncc2)CC[C@H]1N. The van der Waals surface area contributed by atoms with Gasteiger partial charge in [0.1, 0.15) is 0 Å². The summed E-state index contributed by atoms with van der Waals surface area (Å²) in [6.07, 6.45) is 5.60. The van der Waals surface area contributed by atoms with Gasteiger partial charge in [0, 0.05) is 24.5 Å². The van der Waals surface area contributed by atoms with E-state index in [0.717, 1.165) is 18.4 Å². The molecule has 0 aliphatic heterocycles. The molecule has 0 bridgehead atoms. The Kier molecular flexibility index (Phi) is 2.86. The zero-order valence-corrected chi connectivity index (χ0v) is 10.2. The first-order valence-electron chi connectivity index (χ1n) is 6.30. The van der Waals surface area contributed by atoms with E-state index in [2.05, 4.69) is 23.2 Å². The van der Waals surface area contributed by atoms with Crippen molar-refractivity contribution in [1.82, 2.24) is 4.98 Å². The highest BCUT2D eigenvalue weighted by Crippen LogP contribution is 2.35. The fourth-order valence-corrected chi connectivity index (χ4v) is 2.72. The summed E-state index contributed by atoms with van der Waals surface area (Å²) in [5.41, 5.74) is 17.3. The largest absolute Gasteiger partial charge is 0.326 e. The fraction of sp³-hybridized carbons (Fsp3) is 0.267. The Bertz CT molecular complexity index is 551. The van der Waals surface area contributed by atoms with Crippen LogP contribution in [0.1, 0.15) is 23.6 Å². The summed E-state index contributed by atoms with van der Waals surface area (Å²) in [6.45, 7) is 0. The van der Waals surface area contributed by atoms with Gasteiger partial charge in [0.2, 0.25) is 0 Å². The second-order valence-corrected chi connectivity index (χ2v) is 4.84. The lowest BCUT2D eigenvalue weighted by molar-refractivity contribution is 0.482. The minimum Gasteiger partial charge on any atom is -0.326 e. The molecule has 0 amide bonds. The maximum Gasteiger partial charge on any atom is 0.0457 e. The number of aryl methyl sites for hydroxylation is 1. The predicted molar refractivity (Wildman–Crippen MR) is 72.9 cm³/mol. The second kappa shape index (κ2) is 4.52. The van der Waals surface area contributed by atoms with Crippen LogP contribution in [-0.4, -0.2) is 11.0 Å². The number of hydrogen-bond acceptors (Lipinski definition) is 3. The lowest BCUT2D eigenvalue weighted by atomic mass is 9.81. The van der Waals surface area contributed by atoms with Gasteiger partial charge in [-0.2, -0.15) is 0 Å². The van der Waals surface area contributed by atoms with Gasteiger partial charge in [-0.1, -0.05) is 18.2 Å². The Hall–Kier alpha value is -1.71. The molecule has 3 rings (SSSR count). The van der Waals surface area contributed by atoms with E-state index in [-0.39, 0.29) is 12.1 Å². The molecule has 0 spiro atoms. The molecule has 1 aromatic carbocycles. The average Bonchev–Trinajstić information content (AvgIpc) is 2.43. The third-order valence-corrected chi connectivity index (χ3v) is 3.73. The van der Waals surface area contributed by atoms with Crippen LogP contribution in [-0.2, 0) is 6.42 Å². The standard InChI is InChI=1S/C15H17N3/c16-13-5-4-11-2-1-3-12(14(11)15(13)17)10-6-8-18-9-7-10/h1-3,6-9,13,15H,4-5,16-17H2/t13-,15?/m1/s1. The average molecular weight is 239 g/mol. The van der Waals surface area contributed by atoms with Crippen molar-refractivity contribution in [1.29, 1.82) is 0 Å². The number of hydrogen-bond donors (Lipinski definition) is 2. The summed E-state index contributed by atoms with van der Waals surface area (Å²) >= 11 is 0. The van der Waals surface area contributed by atoms with E-state index in [0.29, 0.717) is 0 Å². The van der Waals surface area contributed by atoms with Gasteiger partial charge in [-0.25, -0.2) is 0 Å². The van der Waals surface area contributed by atoms with Crippen molar-refractivity contribution >= 4 is 0 Å². The Morgan fingerprint density at radius 1 is 1.06 bits per heavy atom. The Balaban J connectivity index is 2.17. The van der Waals surface area contributed by atoms with Crippen molar-refractivity contribution in [2.75, 3.05) is 0 Å². The molecule has 0 saturated heterocycles. The number of pyridine rings is 1. The third kappa shape index (κ3) is 1.82. The number of aromatic nitrogens is 1. The van der Waals surface area contributed by atoms with E-state index >= 15 is 0 Å². The molecule has 1 heterocycles. The van der Waals surface area contributed by atoms with Crippen molar-refractivity contribution < 1.29 is 0 Å². The highest BCUT2D eigenvalue weighted by molar-refractivity contribution is 5.69. The van der Waals surface area contributed by atoms with Crippen molar-refractivity contribution in [3.63, 3.8) is 0 Å². The Morgan fingerprint density at radius 3 is 2.61 bits per heavy atom. The maximum absolute atomic E-state index is 6.29. The van der Waals surface area contributed by atoms with Crippen LogP contribution in [0.4, 0.5) is 0 Å². The van der Waals surface area contributed by atoms with Crippen LogP contribution in [0.25, 0.3) is 11.1 Å². The first kappa shape index (κ1) is 11.4. The Labute approximate surface area is 107 Å². The van der Waals surface area contributed by atoms with Crippen LogP contribution in [0.3, 0.4) is 0 Å². The zero-order chi connectivity index (χ0) is 12.5. The van der Waals surface area contributed by atoms with Crippen LogP contribution in [0.15, 0.2) is 42.7 Å². The number of nitrogens with two attached hydrogens (primary N) is 2. The molecule has 3 heteroatoms. The van der Waals surface area contributed by atoms with E-state index in [1.54, 1.807) is 0 Å². The minimum absolute atomic E-state index is 0.0560. The normalized spacial score (nSPS) is 22.6. The van der Waals surface area contributed by atoms with Gasteiger partial charge in [-0.3, -0.25) is 4.98 Å². The van der Waals surface area contributed by atoms with Crippen LogP contribution in [0, 0.1) is 0 Å². The molecule has 1 unspecified atom stereocenters. The molecule has 18 heavy (non-hydrogen) atoms. The second-order valence-electron chi connectivity index (χ2n) is 4.84. The van der Waals surface area contributed by atoms with Gasteiger partial charge >= 0.3 is 0 Å². The lowest BCUT2D eigenvalue weighted by Crippen LogP contribution is -2.38. The molecule has 1 aliphatic rings. The molecule has 3 nitrogen and oxygen atoms in total. The van der Waals surface area contributed by atoms with Crippen molar-refractivity contribution in [3.8, 4) is 11.1 Å². The first-order chi connectivity index (χ1) is 8.77. The van der Waals surface area contributed by atoms with Crippen LogP contribution >= 0.6 is 0 Å². The predicted octanol–water partition coefficient (Wildman–Crippen LogP) is 2.02. The van der Waals surface area contributed by atoms with Crippen molar-refractivity contribution in [2.24, 2.45) is 11.5 Å². The van der Waals surface area contributed by atoms with E-state index < -0.39 is 0 Å². The van der Waals surface area contributed by atoms with Crippen LogP contribution < -0.4 is 11.5 Å². The molecule has 0 fully saturated rings. The van der Waals surface area contributed by atoms with Crippen molar-refractivity contribution in [3.05, 3.63) is 53.9 Å². The van der Waals surface area contributed by atoms with Crippen molar-refractivity contribution in [2.45, 2.75) is 24.9 Å². The quantitative estimate of drug-likeness (QED) is 0.800. The molecule has 0 radical (unpaired) electrons. The van der Waals surface area contributed by atoms with E-state index in [1.807, 2.05) is 24.5 Å². The highest BCUT2D eigenvalue weighted by Gasteiger charge is 2.26. The van der Waals surface area contributed by atoms with Gasteiger partial charge in [0.15, 0.2) is 0 Å². The fourth-order valence-electron chi connectivity index (χ4n) is 2.72. The van der Waals surface area contributed by atoms with E-state index in [9.17, 15) is 0 Å². The van der Waals surface area contributed by atoms with Gasteiger partial charge in [0.05, 0.1) is 0 Å². The summed E-state index contributed by atoms with van der Waals surface area (Å²) in [6, 6.07) is 10.4. The smallest absolute Gasteiger partial charge is 0.0457 e. The monoisotopic (exact) mass is 239 g/mol. The topological polar surface area (TPSA) is 64.9 Å². The van der Waals surface area contributed by atoms with Gasteiger partial charge in [0.25, 0.3) is 0 Å². The molecular weight excluding hydrogens is 222 g/mol. The molecule has 0 saturated carbocycles. The van der Waals surface area contributed by atoms with Gasteiger partial charge in [-0.15, -0.1) is 0 Å². The van der Waals surface area contributed by atoms with E-state index in [1.165, 1.54) is 16.7 Å². The highest BCUT2D eigenvalue weighted by atomic mass is 14.8. The lowest BCUT2D eigenvalue weighted by Gasteiger charge is -2.30. The summed E-state index contributed by atoms with van der Waals surface area (Å²) in [4.78, 5) is 4.06. The third-order valence-electron chi connectivity index (χ3n) is 3.73. The number of rotatable bonds is 1. The Morgan fingerprint density at radius 2 is 1.83 bits per heavy atom.